The van der Waals surface area contributed by atoms with Gasteiger partial charge in [-0.2, -0.15) is 5.26 Å². The van der Waals surface area contributed by atoms with Gasteiger partial charge in [-0.25, -0.2) is 9.97 Å². The van der Waals surface area contributed by atoms with E-state index in [0.717, 1.165) is 17.0 Å². The van der Waals surface area contributed by atoms with Crippen LogP contribution in [0.4, 0.5) is 0 Å². The Labute approximate surface area is 106 Å². The van der Waals surface area contributed by atoms with Crippen LogP contribution in [0.5, 0.6) is 0 Å². The average Bonchev–Trinajstić information content (AvgIpc) is 2.39. The van der Waals surface area contributed by atoms with Crippen molar-refractivity contribution in [2.45, 2.75) is 26.2 Å². The maximum absolute atomic E-state index is 9.16. The van der Waals surface area contributed by atoms with Crippen LogP contribution in [0.15, 0.2) is 30.6 Å². The van der Waals surface area contributed by atoms with E-state index in [2.05, 4.69) is 21.0 Å². The van der Waals surface area contributed by atoms with Gasteiger partial charge in [0.2, 0.25) is 0 Å². The summed E-state index contributed by atoms with van der Waals surface area (Å²) in [7, 11) is 0. The van der Waals surface area contributed by atoms with Gasteiger partial charge in [-0.15, -0.1) is 0 Å². The Kier molecular flexibility index (Phi) is 3.07. The smallest absolute Gasteiger partial charge is 0.148 e. The van der Waals surface area contributed by atoms with E-state index in [1.165, 1.54) is 0 Å². The Morgan fingerprint density at radius 1 is 1.28 bits per heavy atom. The first-order valence-electron chi connectivity index (χ1n) is 5.71. The monoisotopic (exact) mass is 238 g/mol. The topological polar surface area (TPSA) is 62.5 Å². The summed E-state index contributed by atoms with van der Waals surface area (Å²) >= 11 is 0. The van der Waals surface area contributed by atoms with Gasteiger partial charge in [0.15, 0.2) is 0 Å². The van der Waals surface area contributed by atoms with Crippen molar-refractivity contribution >= 4 is 0 Å². The molecule has 0 aliphatic heterocycles. The van der Waals surface area contributed by atoms with Gasteiger partial charge in [-0.05, 0) is 39.0 Å². The van der Waals surface area contributed by atoms with Crippen LogP contribution in [0.3, 0.4) is 0 Å². The zero-order chi connectivity index (χ0) is 13.2. The zero-order valence-electron chi connectivity index (χ0n) is 10.7. The molecule has 4 nitrogen and oxygen atoms in total. The van der Waals surface area contributed by atoms with Crippen molar-refractivity contribution in [2.75, 3.05) is 0 Å². The Morgan fingerprint density at radius 2 is 2.06 bits per heavy atom. The molecule has 0 fully saturated rings. The van der Waals surface area contributed by atoms with Crippen molar-refractivity contribution in [3.05, 3.63) is 42.1 Å². The Hall–Kier alpha value is -2.28. The van der Waals surface area contributed by atoms with Crippen molar-refractivity contribution in [3.8, 4) is 17.3 Å². The molecule has 0 radical (unpaired) electrons. The van der Waals surface area contributed by atoms with E-state index in [1.54, 1.807) is 12.4 Å². The number of hydrogen-bond acceptors (Lipinski definition) is 4. The highest BCUT2D eigenvalue weighted by Gasteiger charge is 2.24. The quantitative estimate of drug-likeness (QED) is 0.806. The Morgan fingerprint density at radius 3 is 2.67 bits per heavy atom. The second-order valence-electron chi connectivity index (χ2n) is 4.70. The summed E-state index contributed by atoms with van der Waals surface area (Å²) in [6.45, 7) is 5.53. The van der Waals surface area contributed by atoms with Crippen molar-refractivity contribution in [2.24, 2.45) is 0 Å². The number of aromatic nitrogens is 3. The maximum atomic E-state index is 9.16. The van der Waals surface area contributed by atoms with E-state index < -0.39 is 5.41 Å². The van der Waals surface area contributed by atoms with Gasteiger partial charge in [0, 0.05) is 23.7 Å². The largest absolute Gasteiger partial charge is 0.264 e. The minimum absolute atomic E-state index is 0.545. The molecule has 0 aliphatic rings. The highest BCUT2D eigenvalue weighted by atomic mass is 14.9. The molecule has 0 aliphatic carbocycles. The van der Waals surface area contributed by atoms with Crippen molar-refractivity contribution in [1.82, 2.24) is 15.0 Å². The first-order chi connectivity index (χ1) is 8.53. The predicted octanol–water partition coefficient (Wildman–Crippen LogP) is 2.65. The lowest BCUT2D eigenvalue weighted by Crippen LogP contribution is -2.19. The molecule has 2 rings (SSSR count). The lowest BCUT2D eigenvalue weighted by Gasteiger charge is -2.15. The van der Waals surface area contributed by atoms with Gasteiger partial charge in [0.1, 0.15) is 11.2 Å². The summed E-state index contributed by atoms with van der Waals surface area (Å²) in [5.41, 5.74) is 1.89. The predicted molar refractivity (Wildman–Crippen MR) is 68.6 cm³/mol. The number of nitrogens with zero attached hydrogens (tertiary/aromatic N) is 4. The molecule has 2 aromatic heterocycles. The molecule has 0 N–H and O–H groups in total. The molecule has 0 amide bonds. The van der Waals surface area contributed by atoms with E-state index in [-0.39, 0.29) is 0 Å². The number of aryl methyl sites for hydroxylation is 1. The molecular weight excluding hydrogens is 224 g/mol. The van der Waals surface area contributed by atoms with E-state index >= 15 is 0 Å². The molecule has 18 heavy (non-hydrogen) atoms. The molecule has 0 aromatic carbocycles. The first kappa shape index (κ1) is 12.2. The van der Waals surface area contributed by atoms with Crippen LogP contribution in [-0.4, -0.2) is 15.0 Å². The number of nitriles is 1. The minimum Gasteiger partial charge on any atom is -0.264 e. The highest BCUT2D eigenvalue weighted by Crippen LogP contribution is 2.23. The number of rotatable bonds is 2. The third-order valence-electron chi connectivity index (χ3n) is 2.65. The Balaban J connectivity index is 2.56. The molecule has 0 bridgehead atoms. The third kappa shape index (κ3) is 2.35. The van der Waals surface area contributed by atoms with E-state index in [0.29, 0.717) is 5.82 Å². The average molecular weight is 238 g/mol. The van der Waals surface area contributed by atoms with Crippen LogP contribution < -0.4 is 0 Å². The Bertz CT molecular complexity index is 597. The molecular formula is C14H14N4. The van der Waals surface area contributed by atoms with E-state index in [4.69, 9.17) is 5.26 Å². The van der Waals surface area contributed by atoms with Gasteiger partial charge < -0.3 is 0 Å². The number of hydrogen-bond donors (Lipinski definition) is 0. The summed E-state index contributed by atoms with van der Waals surface area (Å²) in [4.78, 5) is 12.9. The van der Waals surface area contributed by atoms with Crippen LogP contribution in [0.2, 0.25) is 0 Å². The van der Waals surface area contributed by atoms with Crippen LogP contribution in [0, 0.1) is 18.3 Å². The fraction of sp³-hybridized carbons (Fsp3) is 0.286. The normalized spacial score (nSPS) is 11.0. The van der Waals surface area contributed by atoms with Gasteiger partial charge in [-0.1, -0.05) is 0 Å². The van der Waals surface area contributed by atoms with Gasteiger partial charge in [-0.3, -0.25) is 4.98 Å². The van der Waals surface area contributed by atoms with Crippen molar-refractivity contribution < 1.29 is 0 Å². The molecule has 0 spiro atoms. The highest BCUT2D eigenvalue weighted by molar-refractivity contribution is 5.58. The second kappa shape index (κ2) is 4.53. The summed E-state index contributed by atoms with van der Waals surface area (Å²) in [6.07, 6.45) is 3.47. The summed E-state index contributed by atoms with van der Waals surface area (Å²) in [5.74, 6) is 0.545. The van der Waals surface area contributed by atoms with Crippen molar-refractivity contribution in [1.29, 1.82) is 5.26 Å². The van der Waals surface area contributed by atoms with Crippen LogP contribution in [0.1, 0.15) is 25.4 Å². The molecule has 0 saturated heterocycles. The van der Waals surface area contributed by atoms with Gasteiger partial charge in [0.05, 0.1) is 11.8 Å². The van der Waals surface area contributed by atoms with Crippen LogP contribution >= 0.6 is 0 Å². The van der Waals surface area contributed by atoms with E-state index in [9.17, 15) is 0 Å². The molecule has 2 aromatic rings. The lowest BCUT2D eigenvalue weighted by molar-refractivity contribution is 0.626. The van der Waals surface area contributed by atoms with Crippen LogP contribution in [0.25, 0.3) is 11.3 Å². The summed E-state index contributed by atoms with van der Waals surface area (Å²) < 4.78 is 0. The first-order valence-corrected chi connectivity index (χ1v) is 5.71. The standard InChI is InChI=1S/C14H14N4/c1-10-7-12(11-5-4-6-16-8-11)18-13(17-10)14(2,3)9-15/h4-8H,1-3H3. The molecule has 90 valence electrons. The van der Waals surface area contributed by atoms with Crippen LogP contribution in [-0.2, 0) is 5.41 Å². The summed E-state index contributed by atoms with van der Waals surface area (Å²) in [5, 5.41) is 9.16. The molecule has 0 unspecified atom stereocenters. The fourth-order valence-electron chi connectivity index (χ4n) is 1.56. The minimum atomic E-state index is -0.691. The van der Waals surface area contributed by atoms with Crippen molar-refractivity contribution in [3.63, 3.8) is 0 Å². The molecule has 0 saturated carbocycles. The zero-order valence-corrected chi connectivity index (χ0v) is 10.7. The third-order valence-corrected chi connectivity index (χ3v) is 2.65. The molecule has 2 heterocycles. The van der Waals surface area contributed by atoms with E-state index in [1.807, 2.05) is 39.0 Å². The lowest BCUT2D eigenvalue weighted by atomic mass is 9.94. The SMILES string of the molecule is Cc1cc(-c2cccnc2)nc(C(C)(C)C#N)n1. The second-order valence-corrected chi connectivity index (χ2v) is 4.70. The number of pyridine rings is 1. The fourth-order valence-corrected chi connectivity index (χ4v) is 1.56. The molecule has 0 atom stereocenters. The van der Waals surface area contributed by atoms with Gasteiger partial charge in [0.25, 0.3) is 0 Å². The summed E-state index contributed by atoms with van der Waals surface area (Å²) in [6, 6.07) is 7.93. The van der Waals surface area contributed by atoms with Gasteiger partial charge >= 0.3 is 0 Å². The maximum Gasteiger partial charge on any atom is 0.148 e. The molecule has 4 heteroatoms.